The van der Waals surface area contributed by atoms with Gasteiger partial charge in [-0.3, -0.25) is 0 Å². The van der Waals surface area contributed by atoms with Crippen LogP contribution in [0.3, 0.4) is 0 Å². The Labute approximate surface area is 105 Å². The van der Waals surface area contributed by atoms with Gasteiger partial charge in [0, 0.05) is 13.7 Å². The minimum atomic E-state index is -1.09. The van der Waals surface area contributed by atoms with Crippen LogP contribution >= 0.6 is 0 Å². The van der Waals surface area contributed by atoms with Gasteiger partial charge in [0.05, 0.1) is 0 Å². The van der Waals surface area contributed by atoms with Crippen LogP contribution in [0.25, 0.3) is 0 Å². The number of benzene rings is 2. The summed E-state index contributed by atoms with van der Waals surface area (Å²) < 4.78 is 5.25. The molecule has 2 aromatic carbocycles. The molecule has 0 aromatic heterocycles. The highest BCUT2D eigenvalue weighted by Gasteiger charge is 2.14. The summed E-state index contributed by atoms with van der Waals surface area (Å²) >= 11 is 0. The first kappa shape index (κ1) is 12.1. The first-order valence-corrected chi connectivity index (χ1v) is 7.98. The van der Waals surface area contributed by atoms with E-state index in [4.69, 9.17) is 4.74 Å². The van der Waals surface area contributed by atoms with Crippen LogP contribution in [0, 0.1) is 0 Å². The van der Waals surface area contributed by atoms with E-state index in [-0.39, 0.29) is 0 Å². The standard InChI is InChI=1S/C15H18OSi/c1-16-12-13-17(14-8-4-2-5-9-14)15-10-6-3-7-11-15/h2-11,17H,12-13H2,1H3. The van der Waals surface area contributed by atoms with E-state index < -0.39 is 8.80 Å². The molecule has 0 aliphatic rings. The van der Waals surface area contributed by atoms with Crippen molar-refractivity contribution in [1.29, 1.82) is 0 Å². The Hall–Kier alpha value is -1.38. The summed E-state index contributed by atoms with van der Waals surface area (Å²) in [5.41, 5.74) is 0. The molecule has 2 aromatic rings. The molecule has 2 rings (SSSR count). The van der Waals surface area contributed by atoms with Gasteiger partial charge in [-0.2, -0.15) is 0 Å². The van der Waals surface area contributed by atoms with Crippen molar-refractivity contribution in [3.63, 3.8) is 0 Å². The third kappa shape index (κ3) is 3.28. The van der Waals surface area contributed by atoms with Gasteiger partial charge in [-0.15, -0.1) is 0 Å². The van der Waals surface area contributed by atoms with Gasteiger partial charge in [0.1, 0.15) is 8.80 Å². The summed E-state index contributed by atoms with van der Waals surface area (Å²) in [6, 6.07) is 22.8. The highest BCUT2D eigenvalue weighted by Crippen LogP contribution is 1.98. The van der Waals surface area contributed by atoms with Crippen molar-refractivity contribution in [3.8, 4) is 0 Å². The molecule has 0 aliphatic carbocycles. The lowest BCUT2D eigenvalue weighted by Gasteiger charge is -2.15. The van der Waals surface area contributed by atoms with Crippen molar-refractivity contribution in [2.45, 2.75) is 6.04 Å². The van der Waals surface area contributed by atoms with Crippen LogP contribution in [0.15, 0.2) is 60.7 Å². The first-order valence-electron chi connectivity index (χ1n) is 6.00. The van der Waals surface area contributed by atoms with Crippen molar-refractivity contribution >= 4 is 19.2 Å². The van der Waals surface area contributed by atoms with Crippen molar-refractivity contribution in [2.24, 2.45) is 0 Å². The molecule has 0 N–H and O–H groups in total. The molecule has 0 fully saturated rings. The predicted molar refractivity (Wildman–Crippen MR) is 76.0 cm³/mol. The Morgan fingerprint density at radius 2 is 1.29 bits per heavy atom. The first-order chi connectivity index (χ1) is 8.42. The number of methoxy groups -OCH3 is 1. The highest BCUT2D eigenvalue weighted by atomic mass is 28.3. The number of ether oxygens (including phenoxy) is 1. The maximum Gasteiger partial charge on any atom is 0.105 e. The van der Waals surface area contributed by atoms with E-state index in [1.165, 1.54) is 10.4 Å². The van der Waals surface area contributed by atoms with Crippen molar-refractivity contribution in [1.82, 2.24) is 0 Å². The fourth-order valence-electron chi connectivity index (χ4n) is 2.13. The van der Waals surface area contributed by atoms with E-state index in [9.17, 15) is 0 Å². The maximum absolute atomic E-state index is 5.25. The van der Waals surface area contributed by atoms with Crippen molar-refractivity contribution in [2.75, 3.05) is 13.7 Å². The summed E-state index contributed by atoms with van der Waals surface area (Å²) in [6.45, 7) is 0.848. The SMILES string of the molecule is COCC[SiH](c1ccccc1)c1ccccc1. The third-order valence-corrected chi connectivity index (χ3v) is 6.21. The monoisotopic (exact) mass is 242 g/mol. The van der Waals surface area contributed by atoms with Gasteiger partial charge in [-0.25, -0.2) is 0 Å². The summed E-state index contributed by atoms with van der Waals surface area (Å²) in [6.07, 6.45) is 0. The zero-order valence-electron chi connectivity index (χ0n) is 10.2. The van der Waals surface area contributed by atoms with Gasteiger partial charge in [-0.1, -0.05) is 71.0 Å². The summed E-state index contributed by atoms with van der Waals surface area (Å²) in [7, 11) is 0.686. The minimum absolute atomic E-state index is 0.848. The second-order valence-corrected chi connectivity index (χ2v) is 7.17. The van der Waals surface area contributed by atoms with Crippen LogP contribution in [0.5, 0.6) is 0 Å². The van der Waals surface area contributed by atoms with Gasteiger partial charge in [-0.05, 0) is 6.04 Å². The molecular formula is C15H18OSi. The molecule has 0 aliphatic heterocycles. The molecule has 1 nitrogen and oxygen atoms in total. The van der Waals surface area contributed by atoms with Crippen LogP contribution in [-0.4, -0.2) is 22.5 Å². The van der Waals surface area contributed by atoms with Crippen molar-refractivity contribution in [3.05, 3.63) is 60.7 Å². The molecule has 0 radical (unpaired) electrons. The Morgan fingerprint density at radius 1 is 0.824 bits per heavy atom. The molecule has 0 atom stereocenters. The van der Waals surface area contributed by atoms with Crippen LogP contribution in [0.2, 0.25) is 6.04 Å². The third-order valence-electron chi connectivity index (χ3n) is 3.01. The number of hydrogen-bond donors (Lipinski definition) is 0. The fraction of sp³-hybridized carbons (Fsp3) is 0.200. The quantitative estimate of drug-likeness (QED) is 0.725. The molecule has 0 saturated carbocycles. The zero-order valence-corrected chi connectivity index (χ0v) is 11.3. The van der Waals surface area contributed by atoms with Crippen LogP contribution < -0.4 is 10.4 Å². The van der Waals surface area contributed by atoms with E-state index in [1.54, 1.807) is 7.11 Å². The number of hydrogen-bond acceptors (Lipinski definition) is 1. The largest absolute Gasteiger partial charge is 0.385 e. The second kappa shape index (κ2) is 6.38. The van der Waals surface area contributed by atoms with E-state index >= 15 is 0 Å². The molecule has 0 bridgehead atoms. The molecule has 0 heterocycles. The van der Waals surface area contributed by atoms with E-state index in [0.29, 0.717) is 0 Å². The second-order valence-electron chi connectivity index (χ2n) is 4.16. The Morgan fingerprint density at radius 3 is 1.71 bits per heavy atom. The zero-order chi connectivity index (χ0) is 11.9. The summed E-state index contributed by atoms with van der Waals surface area (Å²) in [4.78, 5) is 0. The van der Waals surface area contributed by atoms with Gasteiger partial charge >= 0.3 is 0 Å². The van der Waals surface area contributed by atoms with Crippen LogP contribution in [0.1, 0.15) is 0 Å². The van der Waals surface area contributed by atoms with E-state index in [1.807, 2.05) is 0 Å². The minimum Gasteiger partial charge on any atom is -0.385 e. The van der Waals surface area contributed by atoms with Gasteiger partial charge in [0.15, 0.2) is 0 Å². The molecule has 0 amide bonds. The average Bonchev–Trinajstić information content (AvgIpc) is 2.42. The lowest BCUT2D eigenvalue weighted by Crippen LogP contribution is -2.42. The Balaban J connectivity index is 2.26. The van der Waals surface area contributed by atoms with Gasteiger partial charge < -0.3 is 4.74 Å². The molecule has 17 heavy (non-hydrogen) atoms. The topological polar surface area (TPSA) is 9.23 Å². The lowest BCUT2D eigenvalue weighted by atomic mass is 10.4. The van der Waals surface area contributed by atoms with E-state index in [2.05, 4.69) is 60.7 Å². The smallest absolute Gasteiger partial charge is 0.105 e. The fourth-order valence-corrected chi connectivity index (χ4v) is 5.03. The summed E-state index contributed by atoms with van der Waals surface area (Å²) in [5.74, 6) is 0. The highest BCUT2D eigenvalue weighted by molar-refractivity contribution is 6.85. The maximum atomic E-state index is 5.25. The molecular weight excluding hydrogens is 224 g/mol. The summed E-state index contributed by atoms with van der Waals surface area (Å²) in [5, 5.41) is 2.99. The van der Waals surface area contributed by atoms with Crippen LogP contribution in [-0.2, 0) is 4.74 Å². The normalized spacial score (nSPS) is 10.7. The number of rotatable bonds is 5. The molecule has 0 unspecified atom stereocenters. The molecule has 0 spiro atoms. The molecule has 2 heteroatoms. The van der Waals surface area contributed by atoms with E-state index in [0.717, 1.165) is 12.7 Å². The molecule has 0 saturated heterocycles. The predicted octanol–water partition coefficient (Wildman–Crippen LogP) is 1.67. The Kier molecular flexibility index (Phi) is 4.53. The van der Waals surface area contributed by atoms with Gasteiger partial charge in [0.25, 0.3) is 0 Å². The lowest BCUT2D eigenvalue weighted by molar-refractivity contribution is 0.215. The molecule has 88 valence electrons. The van der Waals surface area contributed by atoms with Crippen LogP contribution in [0.4, 0.5) is 0 Å². The average molecular weight is 242 g/mol. The Bertz CT molecular complexity index is 388. The van der Waals surface area contributed by atoms with Crippen molar-refractivity contribution < 1.29 is 4.74 Å². The van der Waals surface area contributed by atoms with Gasteiger partial charge in [0.2, 0.25) is 0 Å².